The normalized spacial score (nSPS) is 9.27. The third kappa shape index (κ3) is 3.60. The van der Waals surface area contributed by atoms with E-state index in [0.717, 1.165) is 0 Å². The van der Waals surface area contributed by atoms with Crippen LogP contribution in [0.25, 0.3) is 0 Å². The minimum absolute atomic E-state index is 0.0713. The van der Waals surface area contributed by atoms with Crippen LogP contribution in [0, 0.1) is 11.3 Å². The van der Waals surface area contributed by atoms with Crippen molar-refractivity contribution in [1.82, 2.24) is 14.9 Å². The number of carbonyl (C=O) groups excluding carboxylic acids is 1. The second-order valence-corrected chi connectivity index (χ2v) is 2.80. The van der Waals surface area contributed by atoms with Crippen LogP contribution >= 0.6 is 0 Å². The average Bonchev–Trinajstić information content (AvgIpc) is 2.22. The van der Waals surface area contributed by atoms with Gasteiger partial charge >= 0.3 is 0 Å². The smallest absolute Gasteiger partial charge is 0.253 e. The van der Waals surface area contributed by atoms with Crippen molar-refractivity contribution in [3.63, 3.8) is 0 Å². The minimum atomic E-state index is -0.305. The highest BCUT2D eigenvalue weighted by Crippen LogP contribution is 1.79. The zero-order valence-electron chi connectivity index (χ0n) is 8.01. The van der Waals surface area contributed by atoms with Crippen molar-refractivity contribution < 1.29 is 4.79 Å². The Hall–Kier alpha value is -2.16. The lowest BCUT2D eigenvalue weighted by Gasteiger charge is -2.04. The van der Waals surface area contributed by atoms with Crippen LogP contribution in [0.1, 0.15) is 6.42 Å². The van der Waals surface area contributed by atoms with E-state index in [1.807, 2.05) is 6.07 Å². The summed E-state index contributed by atoms with van der Waals surface area (Å²) in [6, 6.07) is 3.18. The van der Waals surface area contributed by atoms with Crippen molar-refractivity contribution in [2.24, 2.45) is 0 Å². The molecule has 0 bridgehead atoms. The van der Waals surface area contributed by atoms with Crippen LogP contribution in [-0.2, 0) is 11.3 Å². The fraction of sp³-hybridized carbons (Fsp3) is 0.333. The Morgan fingerprint density at radius 2 is 2.47 bits per heavy atom. The molecule has 1 rings (SSSR count). The maximum atomic E-state index is 11.2. The number of amides is 1. The highest BCUT2D eigenvalue weighted by atomic mass is 16.2. The van der Waals surface area contributed by atoms with Crippen LogP contribution < -0.4 is 10.9 Å². The van der Waals surface area contributed by atoms with E-state index in [2.05, 4.69) is 10.3 Å². The average molecular weight is 206 g/mol. The molecule has 6 heteroatoms. The fourth-order valence-electron chi connectivity index (χ4n) is 0.966. The summed E-state index contributed by atoms with van der Waals surface area (Å²) in [5.41, 5.74) is -0.277. The zero-order valence-corrected chi connectivity index (χ0v) is 8.01. The van der Waals surface area contributed by atoms with Gasteiger partial charge in [0.05, 0.1) is 18.8 Å². The molecule has 0 unspecified atom stereocenters. The Morgan fingerprint density at radius 1 is 1.67 bits per heavy atom. The van der Waals surface area contributed by atoms with Gasteiger partial charge < -0.3 is 5.32 Å². The monoisotopic (exact) mass is 206 g/mol. The summed E-state index contributed by atoms with van der Waals surface area (Å²) in [6.07, 6.45) is 2.92. The van der Waals surface area contributed by atoms with Crippen LogP contribution in [0.3, 0.4) is 0 Å². The number of nitrogens with zero attached hydrogens (tertiary/aromatic N) is 3. The highest BCUT2D eigenvalue weighted by molar-refractivity contribution is 5.75. The van der Waals surface area contributed by atoms with Gasteiger partial charge in [0.1, 0.15) is 6.54 Å². The van der Waals surface area contributed by atoms with Crippen LogP contribution in [0.5, 0.6) is 0 Å². The molecule has 1 amide bonds. The van der Waals surface area contributed by atoms with Crippen LogP contribution in [0.15, 0.2) is 23.4 Å². The van der Waals surface area contributed by atoms with E-state index in [4.69, 9.17) is 5.26 Å². The molecule has 0 fully saturated rings. The maximum Gasteiger partial charge on any atom is 0.253 e. The summed E-state index contributed by atoms with van der Waals surface area (Å²) < 4.78 is 1.20. The third-order valence-corrected chi connectivity index (χ3v) is 1.67. The molecule has 0 saturated carbocycles. The van der Waals surface area contributed by atoms with E-state index >= 15 is 0 Å². The molecular formula is C9H10N4O2. The molecule has 0 aliphatic carbocycles. The first-order chi connectivity index (χ1) is 7.24. The van der Waals surface area contributed by atoms with Crippen molar-refractivity contribution in [1.29, 1.82) is 5.26 Å². The van der Waals surface area contributed by atoms with Crippen LogP contribution in [0.4, 0.5) is 0 Å². The Labute approximate surface area is 86.2 Å². The lowest BCUT2D eigenvalue weighted by atomic mass is 10.4. The SMILES string of the molecule is N#CCCNC(=O)Cn1cnccc1=O. The van der Waals surface area contributed by atoms with Crippen molar-refractivity contribution in [3.8, 4) is 6.07 Å². The first-order valence-corrected chi connectivity index (χ1v) is 4.38. The Balaban J connectivity index is 2.49. The van der Waals surface area contributed by atoms with Gasteiger partial charge in [0.25, 0.3) is 5.56 Å². The largest absolute Gasteiger partial charge is 0.354 e. The van der Waals surface area contributed by atoms with E-state index < -0.39 is 0 Å². The number of rotatable bonds is 4. The third-order valence-electron chi connectivity index (χ3n) is 1.67. The topological polar surface area (TPSA) is 87.8 Å². The molecule has 78 valence electrons. The molecule has 0 aromatic carbocycles. The van der Waals surface area contributed by atoms with Gasteiger partial charge in [-0.1, -0.05) is 0 Å². The second-order valence-electron chi connectivity index (χ2n) is 2.80. The fourth-order valence-corrected chi connectivity index (χ4v) is 0.966. The molecule has 0 spiro atoms. The zero-order chi connectivity index (χ0) is 11.1. The van der Waals surface area contributed by atoms with Gasteiger partial charge in [0, 0.05) is 18.8 Å². The standard InChI is InChI=1S/C9H10N4O2/c10-3-1-4-12-8(14)6-13-7-11-5-2-9(13)15/h2,5,7H,1,4,6H2,(H,12,14). The summed E-state index contributed by atoms with van der Waals surface area (Å²) in [7, 11) is 0. The highest BCUT2D eigenvalue weighted by Gasteiger charge is 2.02. The molecule has 1 aromatic heterocycles. The van der Waals surface area contributed by atoms with Gasteiger partial charge in [-0.25, -0.2) is 4.98 Å². The number of hydrogen-bond donors (Lipinski definition) is 1. The summed E-state index contributed by atoms with van der Waals surface area (Å²) in [5.74, 6) is -0.305. The lowest BCUT2D eigenvalue weighted by Crippen LogP contribution is -2.32. The number of nitriles is 1. The van der Waals surface area contributed by atoms with Crippen LogP contribution in [-0.4, -0.2) is 22.0 Å². The molecule has 0 saturated heterocycles. The van der Waals surface area contributed by atoms with E-state index in [9.17, 15) is 9.59 Å². The maximum absolute atomic E-state index is 11.2. The number of carbonyl (C=O) groups is 1. The molecule has 1 aromatic rings. The van der Waals surface area contributed by atoms with Gasteiger partial charge in [-0.2, -0.15) is 5.26 Å². The molecule has 0 radical (unpaired) electrons. The number of hydrogen-bond acceptors (Lipinski definition) is 4. The molecule has 0 aliphatic rings. The molecule has 15 heavy (non-hydrogen) atoms. The number of nitrogens with one attached hydrogen (secondary N) is 1. The molecule has 0 aliphatic heterocycles. The van der Waals surface area contributed by atoms with E-state index in [-0.39, 0.29) is 24.4 Å². The van der Waals surface area contributed by atoms with Gasteiger partial charge in [-0.05, 0) is 0 Å². The van der Waals surface area contributed by atoms with Crippen molar-refractivity contribution in [2.75, 3.05) is 6.54 Å². The Bertz CT molecular complexity index is 432. The second kappa shape index (κ2) is 5.54. The first kappa shape index (κ1) is 10.9. The summed E-state index contributed by atoms with van der Waals surface area (Å²) in [6.45, 7) is 0.225. The number of aromatic nitrogens is 2. The van der Waals surface area contributed by atoms with Crippen molar-refractivity contribution in [2.45, 2.75) is 13.0 Å². The quantitative estimate of drug-likeness (QED) is 0.658. The summed E-state index contributed by atoms with van der Waals surface area (Å²) >= 11 is 0. The molecular weight excluding hydrogens is 196 g/mol. The lowest BCUT2D eigenvalue weighted by molar-refractivity contribution is -0.121. The van der Waals surface area contributed by atoms with Gasteiger partial charge in [-0.15, -0.1) is 0 Å². The van der Waals surface area contributed by atoms with Gasteiger partial charge in [-0.3, -0.25) is 14.2 Å². The van der Waals surface area contributed by atoms with E-state index in [0.29, 0.717) is 6.54 Å². The minimum Gasteiger partial charge on any atom is -0.354 e. The Morgan fingerprint density at radius 3 is 3.13 bits per heavy atom. The Kier molecular flexibility index (Phi) is 4.04. The van der Waals surface area contributed by atoms with Crippen molar-refractivity contribution >= 4 is 5.91 Å². The summed E-state index contributed by atoms with van der Waals surface area (Å²) in [5, 5.41) is 10.8. The van der Waals surface area contributed by atoms with Gasteiger partial charge in [0.2, 0.25) is 5.91 Å². The molecule has 0 atom stereocenters. The predicted molar refractivity (Wildman–Crippen MR) is 51.7 cm³/mol. The molecule has 1 N–H and O–H groups in total. The first-order valence-electron chi connectivity index (χ1n) is 4.38. The summed E-state index contributed by atoms with van der Waals surface area (Å²) in [4.78, 5) is 26.1. The predicted octanol–water partition coefficient (Wildman–Crippen LogP) is -0.727. The molecule has 1 heterocycles. The molecule has 6 nitrogen and oxygen atoms in total. The van der Waals surface area contributed by atoms with Crippen LogP contribution in [0.2, 0.25) is 0 Å². The van der Waals surface area contributed by atoms with E-state index in [1.165, 1.54) is 23.2 Å². The van der Waals surface area contributed by atoms with E-state index in [1.54, 1.807) is 0 Å². The van der Waals surface area contributed by atoms with Gasteiger partial charge in [0.15, 0.2) is 0 Å². The van der Waals surface area contributed by atoms with Crippen molar-refractivity contribution in [3.05, 3.63) is 28.9 Å².